The summed E-state index contributed by atoms with van der Waals surface area (Å²) in [5.41, 5.74) is 3.71. The van der Waals surface area contributed by atoms with E-state index in [1.165, 1.54) is 0 Å². The van der Waals surface area contributed by atoms with E-state index in [1.54, 1.807) is 0 Å². The van der Waals surface area contributed by atoms with Gasteiger partial charge in [-0.3, -0.25) is 9.59 Å². The van der Waals surface area contributed by atoms with Crippen molar-refractivity contribution in [3.63, 3.8) is 0 Å². The molecule has 6 nitrogen and oxygen atoms in total. The van der Waals surface area contributed by atoms with Crippen molar-refractivity contribution in [3.05, 3.63) is 52.4 Å². The third-order valence-electron chi connectivity index (χ3n) is 4.65. The molecular formula is C19H23N3O3. The average molecular weight is 341 g/mol. The highest BCUT2D eigenvalue weighted by Gasteiger charge is 2.21. The minimum absolute atomic E-state index is 0.0681. The van der Waals surface area contributed by atoms with Crippen molar-refractivity contribution in [1.29, 1.82) is 0 Å². The summed E-state index contributed by atoms with van der Waals surface area (Å²) in [6, 6.07) is 7.92. The molecule has 0 spiro atoms. The molecule has 1 fully saturated rings. The molecular weight excluding hydrogens is 318 g/mol. The van der Waals surface area contributed by atoms with Gasteiger partial charge >= 0.3 is 0 Å². The predicted octanol–water partition coefficient (Wildman–Crippen LogP) is 2.27. The molecule has 0 bridgehead atoms. The van der Waals surface area contributed by atoms with E-state index >= 15 is 0 Å². The van der Waals surface area contributed by atoms with Crippen LogP contribution in [0.4, 0.5) is 0 Å². The Morgan fingerprint density at radius 3 is 2.68 bits per heavy atom. The summed E-state index contributed by atoms with van der Waals surface area (Å²) in [5, 5.41) is 6.83. The number of benzene rings is 1. The molecule has 1 N–H and O–H groups in total. The van der Waals surface area contributed by atoms with Gasteiger partial charge < -0.3 is 14.7 Å². The van der Waals surface area contributed by atoms with Gasteiger partial charge in [0.05, 0.1) is 12.1 Å². The summed E-state index contributed by atoms with van der Waals surface area (Å²) < 4.78 is 5.10. The van der Waals surface area contributed by atoms with Crippen molar-refractivity contribution in [3.8, 4) is 0 Å². The summed E-state index contributed by atoms with van der Waals surface area (Å²) in [7, 11) is 0. The third kappa shape index (κ3) is 4.07. The minimum Gasteiger partial charge on any atom is -0.361 e. The van der Waals surface area contributed by atoms with Crippen LogP contribution in [0.15, 0.2) is 28.8 Å². The summed E-state index contributed by atoms with van der Waals surface area (Å²) in [6.45, 7) is 5.51. The van der Waals surface area contributed by atoms with Gasteiger partial charge in [-0.2, -0.15) is 0 Å². The van der Waals surface area contributed by atoms with Crippen LogP contribution in [0.3, 0.4) is 0 Å². The molecule has 3 rings (SSSR count). The number of likely N-dealkylation sites (tertiary alicyclic amines) is 1. The SMILES string of the molecule is Cc1noc(C)c1CC(=O)NCc1ccccc1CN1CCCC1=O. The minimum atomic E-state index is -0.0681. The molecule has 6 heteroatoms. The first-order valence-corrected chi connectivity index (χ1v) is 8.57. The van der Waals surface area contributed by atoms with Gasteiger partial charge in [-0.15, -0.1) is 0 Å². The number of nitrogens with one attached hydrogen (secondary N) is 1. The average Bonchev–Trinajstić information content (AvgIpc) is 3.14. The number of aryl methyl sites for hydroxylation is 2. The van der Waals surface area contributed by atoms with Crippen LogP contribution in [-0.4, -0.2) is 28.4 Å². The molecule has 0 unspecified atom stereocenters. The van der Waals surface area contributed by atoms with E-state index in [9.17, 15) is 9.59 Å². The predicted molar refractivity (Wildman–Crippen MR) is 92.6 cm³/mol. The molecule has 132 valence electrons. The van der Waals surface area contributed by atoms with E-state index in [0.29, 0.717) is 25.3 Å². The van der Waals surface area contributed by atoms with Crippen LogP contribution in [0.1, 0.15) is 41.0 Å². The van der Waals surface area contributed by atoms with Gasteiger partial charge in [0.25, 0.3) is 0 Å². The van der Waals surface area contributed by atoms with Crippen molar-refractivity contribution in [1.82, 2.24) is 15.4 Å². The highest BCUT2D eigenvalue weighted by atomic mass is 16.5. The van der Waals surface area contributed by atoms with Gasteiger partial charge in [-0.05, 0) is 31.4 Å². The third-order valence-corrected chi connectivity index (χ3v) is 4.65. The lowest BCUT2D eigenvalue weighted by Gasteiger charge is -2.18. The zero-order valence-corrected chi connectivity index (χ0v) is 14.7. The molecule has 1 aliphatic heterocycles. The number of nitrogens with zero attached hydrogens (tertiary/aromatic N) is 2. The lowest BCUT2D eigenvalue weighted by molar-refractivity contribution is -0.128. The lowest BCUT2D eigenvalue weighted by Crippen LogP contribution is -2.27. The number of hydrogen-bond donors (Lipinski definition) is 1. The number of amides is 2. The van der Waals surface area contributed by atoms with Crippen LogP contribution in [0.5, 0.6) is 0 Å². The van der Waals surface area contributed by atoms with E-state index in [4.69, 9.17) is 4.52 Å². The van der Waals surface area contributed by atoms with Gasteiger partial charge in [-0.1, -0.05) is 29.4 Å². The number of carbonyl (C=O) groups is 2. The fourth-order valence-electron chi connectivity index (χ4n) is 3.13. The Kier molecular flexibility index (Phi) is 5.16. The molecule has 1 aromatic heterocycles. The smallest absolute Gasteiger partial charge is 0.224 e. The summed E-state index contributed by atoms with van der Waals surface area (Å²) in [4.78, 5) is 26.0. The van der Waals surface area contributed by atoms with Crippen molar-refractivity contribution in [2.24, 2.45) is 0 Å². The fraction of sp³-hybridized carbons (Fsp3) is 0.421. The van der Waals surface area contributed by atoms with Crippen LogP contribution in [0, 0.1) is 13.8 Å². The zero-order chi connectivity index (χ0) is 17.8. The van der Waals surface area contributed by atoms with E-state index in [0.717, 1.165) is 35.3 Å². The first-order chi connectivity index (χ1) is 12.0. The molecule has 25 heavy (non-hydrogen) atoms. The van der Waals surface area contributed by atoms with Crippen molar-refractivity contribution >= 4 is 11.8 Å². The molecule has 1 saturated heterocycles. The highest BCUT2D eigenvalue weighted by Crippen LogP contribution is 2.17. The van der Waals surface area contributed by atoms with E-state index in [1.807, 2.05) is 43.0 Å². The Bertz CT molecular complexity index is 762. The Hall–Kier alpha value is -2.63. The molecule has 2 aromatic rings. The number of carbonyl (C=O) groups excluding carboxylic acids is 2. The van der Waals surface area contributed by atoms with Gasteiger partial charge in [0, 0.05) is 31.6 Å². The topological polar surface area (TPSA) is 75.4 Å². The van der Waals surface area contributed by atoms with E-state index in [-0.39, 0.29) is 18.2 Å². The lowest BCUT2D eigenvalue weighted by atomic mass is 10.1. The first-order valence-electron chi connectivity index (χ1n) is 8.57. The Balaban J connectivity index is 1.61. The van der Waals surface area contributed by atoms with Gasteiger partial charge in [0.1, 0.15) is 5.76 Å². The summed E-state index contributed by atoms with van der Waals surface area (Å²) >= 11 is 0. The highest BCUT2D eigenvalue weighted by molar-refractivity contribution is 5.79. The quantitative estimate of drug-likeness (QED) is 0.874. The Labute approximate surface area is 147 Å². The number of aromatic nitrogens is 1. The molecule has 1 aromatic carbocycles. The molecule has 0 aliphatic carbocycles. The zero-order valence-electron chi connectivity index (χ0n) is 14.7. The van der Waals surface area contributed by atoms with E-state index in [2.05, 4.69) is 10.5 Å². The summed E-state index contributed by atoms with van der Waals surface area (Å²) in [5.74, 6) is 0.819. The van der Waals surface area contributed by atoms with Crippen LogP contribution in [-0.2, 0) is 29.1 Å². The Morgan fingerprint density at radius 2 is 2.04 bits per heavy atom. The normalized spacial score (nSPS) is 14.2. The van der Waals surface area contributed by atoms with Gasteiger partial charge in [-0.25, -0.2) is 0 Å². The fourth-order valence-corrected chi connectivity index (χ4v) is 3.13. The van der Waals surface area contributed by atoms with Crippen LogP contribution in [0.2, 0.25) is 0 Å². The standard InChI is InChI=1S/C19H23N3O3/c1-13-17(14(2)25-21-13)10-18(23)20-11-15-6-3-4-7-16(15)12-22-9-5-8-19(22)24/h3-4,6-7H,5,8-12H2,1-2H3,(H,20,23). The monoisotopic (exact) mass is 341 g/mol. The van der Waals surface area contributed by atoms with Crippen LogP contribution >= 0.6 is 0 Å². The largest absolute Gasteiger partial charge is 0.361 e. The van der Waals surface area contributed by atoms with Gasteiger partial charge in [0.2, 0.25) is 11.8 Å². The maximum atomic E-state index is 12.3. The molecule has 2 amide bonds. The summed E-state index contributed by atoms with van der Waals surface area (Å²) in [6.07, 6.45) is 1.82. The van der Waals surface area contributed by atoms with E-state index < -0.39 is 0 Å². The second-order valence-corrected chi connectivity index (χ2v) is 6.44. The molecule has 2 heterocycles. The van der Waals surface area contributed by atoms with Crippen LogP contribution in [0.25, 0.3) is 0 Å². The molecule has 1 aliphatic rings. The van der Waals surface area contributed by atoms with Gasteiger partial charge in [0.15, 0.2) is 0 Å². The second-order valence-electron chi connectivity index (χ2n) is 6.44. The van der Waals surface area contributed by atoms with Crippen molar-refractivity contribution in [2.75, 3.05) is 6.54 Å². The molecule has 0 radical (unpaired) electrons. The Morgan fingerprint density at radius 1 is 1.28 bits per heavy atom. The van der Waals surface area contributed by atoms with Crippen LogP contribution < -0.4 is 5.32 Å². The second kappa shape index (κ2) is 7.51. The first kappa shape index (κ1) is 17.2. The molecule has 0 atom stereocenters. The van der Waals surface area contributed by atoms with Crippen molar-refractivity contribution < 1.29 is 14.1 Å². The molecule has 0 saturated carbocycles. The number of rotatable bonds is 6. The number of hydrogen-bond acceptors (Lipinski definition) is 4. The maximum Gasteiger partial charge on any atom is 0.224 e. The maximum absolute atomic E-state index is 12.3. The van der Waals surface area contributed by atoms with Crippen molar-refractivity contribution in [2.45, 2.75) is 46.2 Å².